The molecule has 29 heavy (non-hydrogen) atoms. The van der Waals surface area contributed by atoms with Crippen molar-refractivity contribution < 1.29 is 4.74 Å². The van der Waals surface area contributed by atoms with Crippen molar-refractivity contribution in [2.24, 2.45) is 11.8 Å². The molecule has 0 aliphatic heterocycles. The Balaban J connectivity index is 1.31. The predicted octanol–water partition coefficient (Wildman–Crippen LogP) is 8.85. The third kappa shape index (κ3) is 5.24. The summed E-state index contributed by atoms with van der Waals surface area (Å²) in [4.78, 5) is 0. The Morgan fingerprint density at radius 2 is 0.897 bits per heavy atom. The van der Waals surface area contributed by atoms with Gasteiger partial charge in [-0.1, -0.05) is 51.0 Å². The quantitative estimate of drug-likeness (QED) is 0.478. The molecular formula is C28H38O. The zero-order chi connectivity index (χ0) is 20.1. The molecule has 0 N–H and O–H groups in total. The van der Waals surface area contributed by atoms with Gasteiger partial charge in [-0.25, -0.2) is 0 Å². The molecule has 2 aromatic carbocycles. The van der Waals surface area contributed by atoms with Gasteiger partial charge in [0.15, 0.2) is 0 Å². The molecule has 2 fully saturated rings. The molecule has 2 saturated carbocycles. The smallest absolute Gasteiger partial charge is 0.127 e. The Hall–Kier alpha value is -1.76. The molecule has 0 radical (unpaired) electrons. The van der Waals surface area contributed by atoms with Gasteiger partial charge in [0.2, 0.25) is 0 Å². The average molecular weight is 391 g/mol. The molecule has 156 valence electrons. The monoisotopic (exact) mass is 390 g/mol. The normalized spacial score (nSPS) is 27.5. The van der Waals surface area contributed by atoms with Gasteiger partial charge >= 0.3 is 0 Å². The van der Waals surface area contributed by atoms with E-state index < -0.39 is 0 Å². The fourth-order valence-electron chi connectivity index (χ4n) is 5.56. The number of ether oxygens (including phenoxy) is 1. The lowest BCUT2D eigenvalue weighted by Crippen LogP contribution is -2.12. The minimum atomic E-state index is 0.744. The first-order chi connectivity index (χ1) is 14.2. The van der Waals surface area contributed by atoms with E-state index in [9.17, 15) is 0 Å². The van der Waals surface area contributed by atoms with Crippen LogP contribution in [0.3, 0.4) is 0 Å². The van der Waals surface area contributed by atoms with Crippen LogP contribution in [-0.2, 0) is 0 Å². The summed E-state index contributed by atoms with van der Waals surface area (Å²) in [6.07, 6.45) is 13.7. The third-order valence-corrected chi connectivity index (χ3v) is 7.79. The van der Waals surface area contributed by atoms with E-state index in [-0.39, 0.29) is 0 Å². The van der Waals surface area contributed by atoms with E-state index >= 15 is 0 Å². The Bertz CT molecular complexity index is 663. The Labute approximate surface area is 177 Å². The zero-order valence-electron chi connectivity index (χ0n) is 18.4. The maximum absolute atomic E-state index is 6.13. The summed E-state index contributed by atoms with van der Waals surface area (Å²) in [5.74, 6) is 5.30. The molecular weight excluding hydrogens is 352 g/mol. The van der Waals surface area contributed by atoms with Gasteiger partial charge in [-0.3, -0.25) is 0 Å². The van der Waals surface area contributed by atoms with E-state index in [1.54, 1.807) is 0 Å². The van der Waals surface area contributed by atoms with Gasteiger partial charge in [0.05, 0.1) is 0 Å². The van der Waals surface area contributed by atoms with Crippen molar-refractivity contribution in [2.45, 2.75) is 89.9 Å². The summed E-state index contributed by atoms with van der Waals surface area (Å²) in [7, 11) is 0. The maximum Gasteiger partial charge on any atom is 0.127 e. The standard InChI is InChI=1S/C28H38O/c1-3-21-5-9-23(10-6-21)25-13-17-27(18-14-25)29-28-19-15-26(16-20-28)24-11-7-22(4-2)8-12-24/h13-24H,3-12H2,1-2H3. The third-order valence-electron chi connectivity index (χ3n) is 7.79. The van der Waals surface area contributed by atoms with E-state index in [1.807, 2.05) is 0 Å². The van der Waals surface area contributed by atoms with Crippen LogP contribution in [0.5, 0.6) is 11.5 Å². The molecule has 0 atom stereocenters. The molecule has 0 aromatic heterocycles. The first kappa shape index (κ1) is 20.5. The van der Waals surface area contributed by atoms with Crippen molar-refractivity contribution in [2.75, 3.05) is 0 Å². The number of hydrogen-bond donors (Lipinski definition) is 0. The van der Waals surface area contributed by atoms with Crippen LogP contribution in [0.15, 0.2) is 48.5 Å². The Kier molecular flexibility index (Phi) is 6.95. The molecule has 4 rings (SSSR count). The summed E-state index contributed by atoms with van der Waals surface area (Å²) >= 11 is 0. The molecule has 0 heterocycles. The second-order valence-electron chi connectivity index (χ2n) is 9.49. The van der Waals surface area contributed by atoms with Crippen LogP contribution in [0.1, 0.15) is 101 Å². The van der Waals surface area contributed by atoms with Crippen LogP contribution >= 0.6 is 0 Å². The van der Waals surface area contributed by atoms with Gasteiger partial charge in [-0.05, 0) is 110 Å². The largest absolute Gasteiger partial charge is 0.457 e. The van der Waals surface area contributed by atoms with Crippen LogP contribution in [0.2, 0.25) is 0 Å². The molecule has 0 saturated heterocycles. The van der Waals surface area contributed by atoms with E-state index in [2.05, 4.69) is 62.4 Å². The second kappa shape index (κ2) is 9.83. The zero-order valence-corrected chi connectivity index (χ0v) is 18.4. The van der Waals surface area contributed by atoms with Crippen LogP contribution in [0.4, 0.5) is 0 Å². The fourth-order valence-corrected chi connectivity index (χ4v) is 5.56. The van der Waals surface area contributed by atoms with Crippen molar-refractivity contribution in [1.82, 2.24) is 0 Å². The highest BCUT2D eigenvalue weighted by atomic mass is 16.5. The van der Waals surface area contributed by atoms with Gasteiger partial charge in [0, 0.05) is 0 Å². The topological polar surface area (TPSA) is 9.23 Å². The van der Waals surface area contributed by atoms with Crippen molar-refractivity contribution in [1.29, 1.82) is 0 Å². The molecule has 0 bridgehead atoms. The summed E-state index contributed by atoms with van der Waals surface area (Å²) in [6, 6.07) is 17.8. The summed E-state index contributed by atoms with van der Waals surface area (Å²) in [5, 5.41) is 0. The predicted molar refractivity (Wildman–Crippen MR) is 123 cm³/mol. The molecule has 2 aliphatic carbocycles. The lowest BCUT2D eigenvalue weighted by Gasteiger charge is -2.28. The van der Waals surface area contributed by atoms with Crippen LogP contribution in [-0.4, -0.2) is 0 Å². The van der Waals surface area contributed by atoms with Crippen molar-refractivity contribution >= 4 is 0 Å². The highest BCUT2D eigenvalue weighted by Crippen LogP contribution is 2.39. The first-order valence-electron chi connectivity index (χ1n) is 12.1. The van der Waals surface area contributed by atoms with Gasteiger partial charge in [0.1, 0.15) is 11.5 Å². The fraction of sp³-hybridized carbons (Fsp3) is 0.571. The summed E-state index contributed by atoms with van der Waals surface area (Å²) in [6.45, 7) is 4.67. The maximum atomic E-state index is 6.13. The first-order valence-corrected chi connectivity index (χ1v) is 12.1. The highest BCUT2D eigenvalue weighted by Gasteiger charge is 2.22. The van der Waals surface area contributed by atoms with E-state index in [0.29, 0.717) is 0 Å². The summed E-state index contributed by atoms with van der Waals surface area (Å²) < 4.78 is 6.13. The Morgan fingerprint density at radius 3 is 1.21 bits per heavy atom. The molecule has 0 unspecified atom stereocenters. The molecule has 1 nitrogen and oxygen atoms in total. The molecule has 0 spiro atoms. The van der Waals surface area contributed by atoms with Crippen molar-refractivity contribution in [3.05, 3.63) is 59.7 Å². The van der Waals surface area contributed by atoms with E-state index in [4.69, 9.17) is 4.74 Å². The van der Waals surface area contributed by atoms with Crippen LogP contribution in [0, 0.1) is 11.8 Å². The number of hydrogen-bond acceptors (Lipinski definition) is 1. The summed E-state index contributed by atoms with van der Waals surface area (Å²) in [5.41, 5.74) is 2.98. The average Bonchev–Trinajstić information content (AvgIpc) is 2.80. The van der Waals surface area contributed by atoms with Crippen LogP contribution < -0.4 is 4.74 Å². The van der Waals surface area contributed by atoms with Crippen LogP contribution in [0.25, 0.3) is 0 Å². The van der Waals surface area contributed by atoms with Gasteiger partial charge in [-0.15, -0.1) is 0 Å². The minimum Gasteiger partial charge on any atom is -0.457 e. The minimum absolute atomic E-state index is 0.744. The number of rotatable bonds is 6. The van der Waals surface area contributed by atoms with Gasteiger partial charge in [-0.2, -0.15) is 0 Å². The Morgan fingerprint density at radius 1 is 0.552 bits per heavy atom. The number of benzene rings is 2. The SMILES string of the molecule is CCC1CCC(c2ccc(Oc3ccc(C4CCC(CC)CC4)cc3)cc2)CC1. The molecule has 0 amide bonds. The molecule has 1 heteroatoms. The molecule has 2 aromatic rings. The lowest BCUT2D eigenvalue weighted by molar-refractivity contribution is 0.318. The van der Waals surface area contributed by atoms with Crippen molar-refractivity contribution in [3.8, 4) is 11.5 Å². The highest BCUT2D eigenvalue weighted by molar-refractivity contribution is 5.36. The van der Waals surface area contributed by atoms with Crippen molar-refractivity contribution in [3.63, 3.8) is 0 Å². The molecule has 2 aliphatic rings. The second-order valence-corrected chi connectivity index (χ2v) is 9.49. The van der Waals surface area contributed by atoms with E-state index in [0.717, 1.165) is 35.2 Å². The van der Waals surface area contributed by atoms with Gasteiger partial charge < -0.3 is 4.74 Å². The van der Waals surface area contributed by atoms with Gasteiger partial charge in [0.25, 0.3) is 0 Å². The van der Waals surface area contributed by atoms with E-state index in [1.165, 1.54) is 75.3 Å². The lowest BCUT2D eigenvalue weighted by atomic mass is 9.78.